The van der Waals surface area contributed by atoms with E-state index in [1.807, 2.05) is 0 Å². The van der Waals surface area contributed by atoms with Crippen molar-refractivity contribution < 1.29 is 18.3 Å². The van der Waals surface area contributed by atoms with Crippen LogP contribution in [0, 0.1) is 6.92 Å². The molecule has 1 rings (SSSR count). The van der Waals surface area contributed by atoms with Gasteiger partial charge in [-0.3, -0.25) is 4.79 Å². The lowest BCUT2D eigenvalue weighted by atomic mass is 10.2. The average Bonchev–Trinajstić information content (AvgIpc) is 2.20. The number of carbonyl (C=O) groups is 1. The van der Waals surface area contributed by atoms with Gasteiger partial charge in [0.15, 0.2) is 0 Å². The molecule has 0 radical (unpaired) electrons. The van der Waals surface area contributed by atoms with Crippen LogP contribution < -0.4 is 4.72 Å². The fraction of sp³-hybridized carbons (Fsp3) is 0.300. The highest BCUT2D eigenvalue weighted by Crippen LogP contribution is 2.23. The van der Waals surface area contributed by atoms with Gasteiger partial charge in [-0.25, -0.2) is 8.42 Å². The zero-order valence-electron chi connectivity index (χ0n) is 9.27. The Hall–Kier alpha value is -0.920. The van der Waals surface area contributed by atoms with Crippen molar-refractivity contribution in [3.8, 4) is 0 Å². The molecule has 0 heterocycles. The Kier molecular flexibility index (Phi) is 4.29. The van der Waals surface area contributed by atoms with Gasteiger partial charge in [0.1, 0.15) is 6.04 Å². The summed E-state index contributed by atoms with van der Waals surface area (Å²) in [5.74, 6) is -1.22. The minimum Gasteiger partial charge on any atom is -0.480 e. The van der Waals surface area contributed by atoms with Gasteiger partial charge in [0, 0.05) is 4.47 Å². The van der Waals surface area contributed by atoms with Crippen LogP contribution in [0.4, 0.5) is 0 Å². The lowest BCUT2D eigenvalue weighted by Gasteiger charge is -2.11. The minimum atomic E-state index is -3.84. The van der Waals surface area contributed by atoms with Gasteiger partial charge in [0.25, 0.3) is 0 Å². The normalized spacial score (nSPS) is 13.4. The zero-order chi connectivity index (χ0) is 13.2. The Morgan fingerprint density at radius 3 is 2.59 bits per heavy atom. The molecule has 0 spiro atoms. The van der Waals surface area contributed by atoms with Gasteiger partial charge < -0.3 is 5.11 Å². The summed E-state index contributed by atoms with van der Waals surface area (Å²) in [4.78, 5) is 10.7. The van der Waals surface area contributed by atoms with E-state index in [1.165, 1.54) is 13.0 Å². The number of nitrogens with one attached hydrogen (secondary N) is 1. The monoisotopic (exact) mass is 321 g/mol. The van der Waals surface area contributed by atoms with Gasteiger partial charge in [-0.15, -0.1) is 0 Å². The van der Waals surface area contributed by atoms with Crippen LogP contribution in [0.1, 0.15) is 12.5 Å². The molecule has 0 aromatic heterocycles. The van der Waals surface area contributed by atoms with E-state index in [4.69, 9.17) is 5.11 Å². The van der Waals surface area contributed by atoms with Gasteiger partial charge in [-0.05, 0) is 47.5 Å². The number of halogens is 1. The zero-order valence-corrected chi connectivity index (χ0v) is 11.7. The van der Waals surface area contributed by atoms with Crippen molar-refractivity contribution in [1.82, 2.24) is 4.72 Å². The molecule has 17 heavy (non-hydrogen) atoms. The SMILES string of the molecule is Cc1ccc(Br)c(S(=O)(=O)N[C@H](C)C(=O)O)c1. The maximum atomic E-state index is 11.9. The number of aryl methyl sites for hydroxylation is 1. The van der Waals surface area contributed by atoms with E-state index in [2.05, 4.69) is 20.7 Å². The first-order valence-electron chi connectivity index (χ1n) is 4.75. The van der Waals surface area contributed by atoms with E-state index < -0.39 is 22.0 Å². The summed E-state index contributed by atoms with van der Waals surface area (Å²) in [6.45, 7) is 3.02. The van der Waals surface area contributed by atoms with E-state index >= 15 is 0 Å². The maximum absolute atomic E-state index is 11.9. The molecule has 94 valence electrons. The lowest BCUT2D eigenvalue weighted by Crippen LogP contribution is -2.38. The smallest absolute Gasteiger partial charge is 0.321 e. The first kappa shape index (κ1) is 14.1. The quantitative estimate of drug-likeness (QED) is 0.880. The molecule has 7 heteroatoms. The van der Waals surface area contributed by atoms with Crippen LogP contribution >= 0.6 is 15.9 Å². The second-order valence-electron chi connectivity index (χ2n) is 3.62. The Balaban J connectivity index is 3.13. The van der Waals surface area contributed by atoms with Crippen LogP contribution in [0.3, 0.4) is 0 Å². The summed E-state index contributed by atoms with van der Waals surface area (Å²) >= 11 is 3.13. The average molecular weight is 322 g/mol. The molecule has 0 amide bonds. The van der Waals surface area contributed by atoms with Crippen LogP contribution in [0.15, 0.2) is 27.6 Å². The number of aliphatic carboxylic acids is 1. The van der Waals surface area contributed by atoms with Crippen molar-refractivity contribution in [3.05, 3.63) is 28.2 Å². The van der Waals surface area contributed by atoms with Crippen molar-refractivity contribution >= 4 is 31.9 Å². The predicted molar refractivity (Wildman–Crippen MR) is 66.3 cm³/mol. The van der Waals surface area contributed by atoms with Crippen molar-refractivity contribution in [2.24, 2.45) is 0 Å². The predicted octanol–water partition coefficient (Wildman–Crippen LogP) is 1.51. The number of benzene rings is 1. The third-order valence-electron chi connectivity index (χ3n) is 2.08. The van der Waals surface area contributed by atoms with Crippen LogP contribution in [0.5, 0.6) is 0 Å². The fourth-order valence-corrected chi connectivity index (χ4v) is 3.41. The van der Waals surface area contributed by atoms with E-state index in [1.54, 1.807) is 19.1 Å². The molecule has 1 atom stereocenters. The summed E-state index contributed by atoms with van der Waals surface area (Å²) in [5.41, 5.74) is 0.775. The largest absolute Gasteiger partial charge is 0.480 e. The molecule has 1 aromatic rings. The standard InChI is InChI=1S/C10H12BrNO4S/c1-6-3-4-8(11)9(5-6)17(15,16)12-7(2)10(13)14/h3-5,7,12H,1-2H3,(H,13,14)/t7-/m1/s1. The summed E-state index contributed by atoms with van der Waals surface area (Å²) in [6, 6.07) is 3.66. The molecule has 0 aliphatic rings. The van der Waals surface area contributed by atoms with E-state index in [0.29, 0.717) is 4.47 Å². The van der Waals surface area contributed by atoms with Crippen LogP contribution in [0.2, 0.25) is 0 Å². The van der Waals surface area contributed by atoms with Crippen molar-refractivity contribution in [3.63, 3.8) is 0 Å². The number of carboxylic acids is 1. The number of hydrogen-bond donors (Lipinski definition) is 2. The molecule has 0 unspecified atom stereocenters. The molecule has 1 aromatic carbocycles. The molecular weight excluding hydrogens is 310 g/mol. The summed E-state index contributed by atoms with van der Waals surface area (Å²) in [7, 11) is -3.84. The Bertz CT molecular complexity index is 541. The lowest BCUT2D eigenvalue weighted by molar-refractivity contribution is -0.138. The molecule has 2 N–H and O–H groups in total. The van der Waals surface area contributed by atoms with Crippen molar-refractivity contribution in [1.29, 1.82) is 0 Å². The molecular formula is C10H12BrNO4S. The van der Waals surface area contributed by atoms with Crippen LogP contribution in [-0.2, 0) is 14.8 Å². The third-order valence-corrected chi connectivity index (χ3v) is 4.61. The second-order valence-corrected chi connectivity index (χ2v) is 6.15. The van der Waals surface area contributed by atoms with Crippen LogP contribution in [0.25, 0.3) is 0 Å². The van der Waals surface area contributed by atoms with Gasteiger partial charge in [0.2, 0.25) is 10.0 Å². The highest BCUT2D eigenvalue weighted by Gasteiger charge is 2.23. The van der Waals surface area contributed by atoms with E-state index in [9.17, 15) is 13.2 Å². The summed E-state index contributed by atoms with van der Waals surface area (Å²) < 4.78 is 26.3. The molecule has 0 aliphatic carbocycles. The summed E-state index contributed by atoms with van der Waals surface area (Å²) in [5, 5.41) is 8.68. The molecule has 0 saturated carbocycles. The van der Waals surface area contributed by atoms with Gasteiger partial charge >= 0.3 is 5.97 Å². The maximum Gasteiger partial charge on any atom is 0.321 e. The second kappa shape index (κ2) is 5.16. The summed E-state index contributed by atoms with van der Waals surface area (Å²) in [6.07, 6.45) is 0. The molecule has 5 nitrogen and oxygen atoms in total. The Labute approximate surface area is 108 Å². The Morgan fingerprint density at radius 2 is 2.06 bits per heavy atom. The highest BCUT2D eigenvalue weighted by molar-refractivity contribution is 9.10. The number of carboxylic acid groups (broad SMARTS) is 1. The van der Waals surface area contributed by atoms with Gasteiger partial charge in [-0.2, -0.15) is 4.72 Å². The Morgan fingerprint density at radius 1 is 1.47 bits per heavy atom. The molecule has 0 bridgehead atoms. The molecule has 0 saturated heterocycles. The van der Waals surface area contributed by atoms with Gasteiger partial charge in [0.05, 0.1) is 4.90 Å². The number of rotatable bonds is 4. The fourth-order valence-electron chi connectivity index (χ4n) is 1.16. The van der Waals surface area contributed by atoms with Crippen LogP contribution in [-0.4, -0.2) is 25.5 Å². The number of sulfonamides is 1. The highest BCUT2D eigenvalue weighted by atomic mass is 79.9. The number of hydrogen-bond acceptors (Lipinski definition) is 3. The minimum absolute atomic E-state index is 0.0330. The van der Waals surface area contributed by atoms with Gasteiger partial charge in [-0.1, -0.05) is 6.07 Å². The molecule has 0 aliphatic heterocycles. The topological polar surface area (TPSA) is 83.5 Å². The van der Waals surface area contributed by atoms with Crippen molar-refractivity contribution in [2.45, 2.75) is 24.8 Å². The first-order chi connectivity index (χ1) is 7.74. The third kappa shape index (κ3) is 3.52. The van der Waals surface area contributed by atoms with E-state index in [-0.39, 0.29) is 4.90 Å². The first-order valence-corrected chi connectivity index (χ1v) is 7.03. The van der Waals surface area contributed by atoms with Crippen molar-refractivity contribution in [2.75, 3.05) is 0 Å². The molecule has 0 fully saturated rings. The van der Waals surface area contributed by atoms with E-state index in [0.717, 1.165) is 5.56 Å².